The second-order valence-electron chi connectivity index (χ2n) is 10.2. The van der Waals surface area contributed by atoms with Gasteiger partial charge >= 0.3 is 0 Å². The SMILES string of the molecule is Cc1noc(NS(=O)(=O)c2ccccc2-c2ccc(-c3ncco3)cc2CN2CCCC(C)(C)C2=O)c1C. The van der Waals surface area contributed by atoms with Gasteiger partial charge in [0.15, 0.2) is 0 Å². The zero-order valence-corrected chi connectivity index (χ0v) is 22.6. The number of hydrogen-bond acceptors (Lipinski definition) is 7. The van der Waals surface area contributed by atoms with Gasteiger partial charge in [0.05, 0.1) is 16.8 Å². The van der Waals surface area contributed by atoms with Crippen LogP contribution in [0, 0.1) is 19.3 Å². The molecular weight excluding hydrogens is 504 g/mol. The van der Waals surface area contributed by atoms with Gasteiger partial charge in [0.1, 0.15) is 6.26 Å². The lowest BCUT2D eigenvalue weighted by Crippen LogP contribution is -2.45. The number of hydrogen-bond donors (Lipinski definition) is 1. The first-order valence-corrected chi connectivity index (χ1v) is 13.9. The topological polar surface area (TPSA) is 119 Å². The molecule has 1 saturated heterocycles. The standard InChI is InChI=1S/C28H30N4O5S/c1-18-19(2)30-37-25(18)31-38(34,35)24-9-6-5-8-23(24)22-11-10-20(26-29-13-15-36-26)16-21(22)17-32-14-7-12-28(3,4)27(32)33/h5-6,8-11,13,15-16,31H,7,12,14,17H2,1-4H3. The molecule has 5 rings (SSSR count). The Balaban J connectivity index is 1.60. The monoisotopic (exact) mass is 534 g/mol. The maximum absolute atomic E-state index is 13.6. The number of oxazole rings is 1. The Labute approximate surface area is 221 Å². The second kappa shape index (κ2) is 9.75. The first-order chi connectivity index (χ1) is 18.1. The van der Waals surface area contributed by atoms with Crippen molar-refractivity contribution in [1.82, 2.24) is 15.0 Å². The molecule has 0 atom stereocenters. The zero-order chi connectivity index (χ0) is 27.1. The van der Waals surface area contributed by atoms with E-state index in [-0.39, 0.29) is 16.7 Å². The molecule has 2 aromatic heterocycles. The van der Waals surface area contributed by atoms with Gasteiger partial charge in [-0.15, -0.1) is 0 Å². The minimum atomic E-state index is -4.03. The lowest BCUT2D eigenvalue weighted by Gasteiger charge is -2.37. The molecule has 0 radical (unpaired) electrons. The summed E-state index contributed by atoms with van der Waals surface area (Å²) in [6.07, 6.45) is 4.80. The molecule has 1 aliphatic heterocycles. The van der Waals surface area contributed by atoms with E-state index in [1.807, 2.05) is 36.9 Å². The third kappa shape index (κ3) is 4.83. The highest BCUT2D eigenvalue weighted by Crippen LogP contribution is 2.37. The highest BCUT2D eigenvalue weighted by molar-refractivity contribution is 7.92. The fraction of sp³-hybridized carbons (Fsp3) is 0.321. The average Bonchev–Trinajstić information content (AvgIpc) is 3.53. The van der Waals surface area contributed by atoms with Crippen molar-refractivity contribution in [2.75, 3.05) is 11.3 Å². The maximum atomic E-state index is 13.6. The predicted molar refractivity (Wildman–Crippen MR) is 143 cm³/mol. The lowest BCUT2D eigenvalue weighted by atomic mass is 9.83. The molecule has 0 saturated carbocycles. The van der Waals surface area contributed by atoms with Crippen LogP contribution in [0.3, 0.4) is 0 Å². The van der Waals surface area contributed by atoms with Crippen molar-refractivity contribution in [3.05, 3.63) is 71.7 Å². The highest BCUT2D eigenvalue weighted by Gasteiger charge is 2.36. The molecule has 3 heterocycles. The molecule has 1 N–H and O–H groups in total. The van der Waals surface area contributed by atoms with E-state index in [1.165, 1.54) is 6.26 Å². The summed E-state index contributed by atoms with van der Waals surface area (Å²) in [5.74, 6) is 0.606. The first-order valence-electron chi connectivity index (χ1n) is 12.4. The number of sulfonamides is 1. The number of piperidine rings is 1. The quantitative estimate of drug-likeness (QED) is 0.330. The molecule has 198 valence electrons. The van der Waals surface area contributed by atoms with E-state index < -0.39 is 15.4 Å². The van der Waals surface area contributed by atoms with Gasteiger partial charge in [0, 0.05) is 35.2 Å². The van der Waals surface area contributed by atoms with Gasteiger partial charge in [0.25, 0.3) is 10.0 Å². The third-order valence-electron chi connectivity index (χ3n) is 7.09. The first kappa shape index (κ1) is 25.7. The normalized spacial score (nSPS) is 15.6. The Bertz CT molecular complexity index is 1590. The number of carbonyl (C=O) groups is 1. The van der Waals surface area contributed by atoms with Gasteiger partial charge in [0.2, 0.25) is 17.7 Å². The molecule has 1 aliphatic rings. The number of amides is 1. The van der Waals surface area contributed by atoms with Crippen molar-refractivity contribution in [3.63, 3.8) is 0 Å². The summed E-state index contributed by atoms with van der Waals surface area (Å²) < 4.78 is 40.4. The number of anilines is 1. The summed E-state index contributed by atoms with van der Waals surface area (Å²) in [5.41, 5.74) is 3.51. The third-order valence-corrected chi connectivity index (χ3v) is 8.48. The summed E-state index contributed by atoms with van der Waals surface area (Å²) in [6, 6.07) is 12.4. The highest BCUT2D eigenvalue weighted by atomic mass is 32.2. The Morgan fingerprint density at radius 2 is 1.89 bits per heavy atom. The minimum absolute atomic E-state index is 0.0787. The predicted octanol–water partition coefficient (Wildman–Crippen LogP) is 5.56. The number of nitrogens with one attached hydrogen (secondary N) is 1. The van der Waals surface area contributed by atoms with Crippen LogP contribution in [0.1, 0.15) is 43.5 Å². The van der Waals surface area contributed by atoms with E-state index in [1.54, 1.807) is 44.3 Å². The molecule has 38 heavy (non-hydrogen) atoms. The van der Waals surface area contributed by atoms with Crippen LogP contribution in [0.4, 0.5) is 5.88 Å². The van der Waals surface area contributed by atoms with E-state index in [9.17, 15) is 13.2 Å². The lowest BCUT2D eigenvalue weighted by molar-refractivity contribution is -0.144. The van der Waals surface area contributed by atoms with E-state index in [0.717, 1.165) is 24.0 Å². The molecule has 0 bridgehead atoms. The largest absolute Gasteiger partial charge is 0.445 e. The van der Waals surface area contributed by atoms with Crippen molar-refractivity contribution in [1.29, 1.82) is 0 Å². The van der Waals surface area contributed by atoms with Crippen LogP contribution in [0.25, 0.3) is 22.6 Å². The molecule has 0 unspecified atom stereocenters. The molecule has 10 heteroatoms. The van der Waals surface area contributed by atoms with Gasteiger partial charge in [-0.25, -0.2) is 18.1 Å². The van der Waals surface area contributed by atoms with E-state index in [4.69, 9.17) is 8.94 Å². The van der Waals surface area contributed by atoms with Crippen LogP contribution in [0.15, 0.2) is 68.8 Å². The molecule has 2 aromatic carbocycles. The van der Waals surface area contributed by atoms with Crippen molar-refractivity contribution >= 4 is 21.8 Å². The van der Waals surface area contributed by atoms with Gasteiger partial charge < -0.3 is 13.8 Å². The van der Waals surface area contributed by atoms with E-state index >= 15 is 0 Å². The number of nitrogens with zero attached hydrogens (tertiary/aromatic N) is 3. The Hall–Kier alpha value is -3.92. The van der Waals surface area contributed by atoms with Gasteiger partial charge in [-0.1, -0.05) is 43.3 Å². The van der Waals surface area contributed by atoms with Crippen molar-refractivity contribution < 1.29 is 22.2 Å². The van der Waals surface area contributed by atoms with Crippen LogP contribution < -0.4 is 4.72 Å². The fourth-order valence-electron chi connectivity index (χ4n) is 4.80. The average molecular weight is 535 g/mol. The van der Waals surface area contributed by atoms with Crippen LogP contribution in [0.2, 0.25) is 0 Å². The van der Waals surface area contributed by atoms with Crippen LogP contribution in [-0.4, -0.2) is 35.9 Å². The molecular formula is C28H30N4O5S. The smallest absolute Gasteiger partial charge is 0.264 e. The number of benzene rings is 2. The fourth-order valence-corrected chi connectivity index (χ4v) is 6.07. The number of aromatic nitrogens is 2. The Kier molecular flexibility index (Phi) is 6.60. The van der Waals surface area contributed by atoms with Crippen LogP contribution in [-0.2, 0) is 21.4 Å². The van der Waals surface area contributed by atoms with Gasteiger partial charge in [-0.3, -0.25) is 4.79 Å². The van der Waals surface area contributed by atoms with Gasteiger partial charge in [-0.2, -0.15) is 0 Å². The van der Waals surface area contributed by atoms with Crippen LogP contribution >= 0.6 is 0 Å². The number of rotatable bonds is 7. The number of likely N-dealkylation sites (tertiary alicyclic amines) is 1. The Morgan fingerprint density at radius 1 is 1.11 bits per heavy atom. The summed E-state index contributed by atoms with van der Waals surface area (Å²) >= 11 is 0. The van der Waals surface area contributed by atoms with E-state index in [2.05, 4.69) is 14.9 Å². The zero-order valence-electron chi connectivity index (χ0n) is 21.8. The summed E-state index contributed by atoms with van der Waals surface area (Å²) in [6.45, 7) is 8.38. The summed E-state index contributed by atoms with van der Waals surface area (Å²) in [5, 5.41) is 3.85. The molecule has 0 aliphatic carbocycles. The van der Waals surface area contributed by atoms with Crippen molar-refractivity contribution in [2.45, 2.75) is 52.0 Å². The molecule has 1 amide bonds. The van der Waals surface area contributed by atoms with Crippen LogP contribution in [0.5, 0.6) is 0 Å². The summed E-state index contributed by atoms with van der Waals surface area (Å²) in [7, 11) is -4.03. The molecule has 4 aromatic rings. The van der Waals surface area contributed by atoms with Crippen molar-refractivity contribution in [3.8, 4) is 22.6 Å². The minimum Gasteiger partial charge on any atom is -0.445 e. The summed E-state index contributed by atoms with van der Waals surface area (Å²) in [4.78, 5) is 19.4. The number of aryl methyl sites for hydroxylation is 1. The maximum Gasteiger partial charge on any atom is 0.264 e. The molecule has 9 nitrogen and oxygen atoms in total. The second-order valence-corrected chi connectivity index (χ2v) is 11.9. The molecule has 1 fully saturated rings. The van der Waals surface area contributed by atoms with Crippen molar-refractivity contribution in [2.24, 2.45) is 5.41 Å². The molecule has 0 spiro atoms. The Morgan fingerprint density at radius 3 is 2.61 bits per heavy atom. The van der Waals surface area contributed by atoms with Gasteiger partial charge in [-0.05, 0) is 56.0 Å². The van der Waals surface area contributed by atoms with E-state index in [0.29, 0.717) is 41.4 Å². The number of carbonyl (C=O) groups excluding carboxylic acids is 1.